The average molecular weight is 272 g/mol. The van der Waals surface area contributed by atoms with Crippen LogP contribution in [-0.2, 0) is 9.53 Å². The maximum absolute atomic E-state index is 13.0. The van der Waals surface area contributed by atoms with Crippen LogP contribution in [-0.4, -0.2) is 48.3 Å². The lowest BCUT2D eigenvalue weighted by atomic mass is 9.80. The Morgan fingerprint density at radius 2 is 2.26 bits per heavy atom. The first kappa shape index (κ1) is 14.1. The summed E-state index contributed by atoms with van der Waals surface area (Å²) < 4.78 is 18.3. The second-order valence-corrected chi connectivity index (χ2v) is 6.47. The second-order valence-electron chi connectivity index (χ2n) is 6.47. The lowest BCUT2D eigenvalue weighted by Gasteiger charge is -2.29. The summed E-state index contributed by atoms with van der Waals surface area (Å²) in [6.45, 7) is 5.73. The maximum Gasteiger partial charge on any atom is 0.410 e. The van der Waals surface area contributed by atoms with E-state index in [0.29, 0.717) is 25.9 Å². The van der Waals surface area contributed by atoms with Gasteiger partial charge in [0.15, 0.2) is 0 Å². The summed E-state index contributed by atoms with van der Waals surface area (Å²) in [5.74, 6) is -0.131. The van der Waals surface area contributed by atoms with Gasteiger partial charge < -0.3 is 15.0 Å². The Balaban J connectivity index is 2.03. The minimum absolute atomic E-state index is 0.131. The molecule has 2 atom stereocenters. The monoisotopic (exact) mass is 272 g/mol. The zero-order chi connectivity index (χ0) is 14.3. The molecule has 2 aliphatic rings. The second kappa shape index (κ2) is 4.65. The molecule has 0 aromatic carbocycles. The van der Waals surface area contributed by atoms with Gasteiger partial charge in [-0.15, -0.1) is 0 Å². The third-order valence-electron chi connectivity index (χ3n) is 3.78. The molecule has 0 aromatic rings. The van der Waals surface area contributed by atoms with Crippen molar-refractivity contribution in [2.75, 3.05) is 19.8 Å². The highest BCUT2D eigenvalue weighted by Gasteiger charge is 2.52. The molecular formula is C13H21FN2O3. The number of nitrogens with zero attached hydrogens (tertiary/aromatic N) is 1. The van der Waals surface area contributed by atoms with Gasteiger partial charge in [0.25, 0.3) is 0 Å². The first-order chi connectivity index (χ1) is 8.76. The van der Waals surface area contributed by atoms with E-state index < -0.39 is 23.7 Å². The van der Waals surface area contributed by atoms with Crippen molar-refractivity contribution in [2.24, 2.45) is 5.41 Å². The molecule has 108 valence electrons. The van der Waals surface area contributed by atoms with Crippen molar-refractivity contribution >= 4 is 12.0 Å². The van der Waals surface area contributed by atoms with Crippen molar-refractivity contribution < 1.29 is 18.7 Å². The van der Waals surface area contributed by atoms with Crippen LogP contribution < -0.4 is 5.32 Å². The highest BCUT2D eigenvalue weighted by molar-refractivity contribution is 5.80. The standard InChI is InChI=1S/C13H21FN2O3/c1-12(2,3)19-11(18)16-5-4-13(8-16)6-10(17)15-9(13)7-14/h9H,4-8H2,1-3H3,(H,15,17)/t9-,13-/m0/s1. The molecule has 0 aliphatic carbocycles. The van der Waals surface area contributed by atoms with Crippen molar-refractivity contribution in [1.29, 1.82) is 0 Å². The Morgan fingerprint density at radius 3 is 2.84 bits per heavy atom. The number of rotatable bonds is 1. The van der Waals surface area contributed by atoms with Crippen molar-refractivity contribution in [3.8, 4) is 0 Å². The quantitative estimate of drug-likeness (QED) is 0.786. The van der Waals surface area contributed by atoms with Gasteiger partial charge >= 0.3 is 6.09 Å². The van der Waals surface area contributed by atoms with E-state index in [9.17, 15) is 14.0 Å². The number of hydrogen-bond acceptors (Lipinski definition) is 3. The number of halogens is 1. The van der Waals surface area contributed by atoms with Gasteiger partial charge in [0.05, 0.1) is 6.04 Å². The van der Waals surface area contributed by atoms with Crippen molar-refractivity contribution in [2.45, 2.75) is 45.3 Å². The van der Waals surface area contributed by atoms with Crippen LogP contribution in [0.2, 0.25) is 0 Å². The number of carbonyl (C=O) groups is 2. The lowest BCUT2D eigenvalue weighted by molar-refractivity contribution is -0.119. The zero-order valence-corrected chi connectivity index (χ0v) is 11.7. The van der Waals surface area contributed by atoms with Crippen LogP contribution >= 0.6 is 0 Å². The lowest BCUT2D eigenvalue weighted by Crippen LogP contribution is -2.42. The van der Waals surface area contributed by atoms with Crippen LogP contribution in [0.5, 0.6) is 0 Å². The number of likely N-dealkylation sites (tertiary alicyclic amines) is 1. The normalized spacial score (nSPS) is 30.8. The predicted octanol–water partition coefficient (Wildman–Crippen LogP) is 1.47. The third-order valence-corrected chi connectivity index (χ3v) is 3.78. The van der Waals surface area contributed by atoms with E-state index in [4.69, 9.17) is 4.74 Å². The predicted molar refractivity (Wildman–Crippen MR) is 67.4 cm³/mol. The fourth-order valence-corrected chi connectivity index (χ4v) is 2.85. The van der Waals surface area contributed by atoms with E-state index in [-0.39, 0.29) is 12.0 Å². The fraction of sp³-hybridized carbons (Fsp3) is 0.846. The molecule has 2 aliphatic heterocycles. The third kappa shape index (κ3) is 2.82. The minimum atomic E-state index is -0.589. The summed E-state index contributed by atoms with van der Waals surface area (Å²) in [4.78, 5) is 25.0. The van der Waals surface area contributed by atoms with Crippen LogP contribution in [0.1, 0.15) is 33.6 Å². The molecule has 0 unspecified atom stereocenters. The molecule has 5 nitrogen and oxygen atoms in total. The highest BCUT2D eigenvalue weighted by atomic mass is 19.1. The van der Waals surface area contributed by atoms with E-state index >= 15 is 0 Å². The van der Waals surface area contributed by atoms with Crippen molar-refractivity contribution in [1.82, 2.24) is 10.2 Å². The Bertz CT molecular complexity index is 394. The molecule has 1 N–H and O–H groups in total. The van der Waals surface area contributed by atoms with E-state index in [0.717, 1.165) is 0 Å². The van der Waals surface area contributed by atoms with Gasteiger partial charge in [-0.05, 0) is 27.2 Å². The summed E-state index contributed by atoms with van der Waals surface area (Å²) in [6.07, 6.45) is 0.543. The minimum Gasteiger partial charge on any atom is -0.444 e. The van der Waals surface area contributed by atoms with Crippen LogP contribution in [0.3, 0.4) is 0 Å². The fourth-order valence-electron chi connectivity index (χ4n) is 2.85. The largest absolute Gasteiger partial charge is 0.444 e. The molecule has 0 saturated carbocycles. The number of carbonyl (C=O) groups excluding carboxylic acids is 2. The molecule has 19 heavy (non-hydrogen) atoms. The van der Waals surface area contributed by atoms with Crippen molar-refractivity contribution in [3.63, 3.8) is 0 Å². The molecule has 2 rings (SSSR count). The molecule has 1 spiro atoms. The molecule has 2 heterocycles. The van der Waals surface area contributed by atoms with Crippen LogP contribution in [0, 0.1) is 5.41 Å². The Morgan fingerprint density at radius 1 is 1.58 bits per heavy atom. The molecular weight excluding hydrogens is 251 g/mol. The van der Waals surface area contributed by atoms with Gasteiger partial charge in [0, 0.05) is 24.9 Å². The van der Waals surface area contributed by atoms with E-state index in [1.54, 1.807) is 4.90 Å². The molecule has 0 aromatic heterocycles. The first-order valence-corrected chi connectivity index (χ1v) is 6.59. The maximum atomic E-state index is 13.0. The van der Waals surface area contributed by atoms with Gasteiger partial charge in [0.2, 0.25) is 5.91 Å². The van der Waals surface area contributed by atoms with E-state index in [1.165, 1.54) is 0 Å². The van der Waals surface area contributed by atoms with Crippen molar-refractivity contribution in [3.05, 3.63) is 0 Å². The summed E-state index contributed by atoms with van der Waals surface area (Å²) in [5.41, 5.74) is -1.00. The zero-order valence-electron chi connectivity index (χ0n) is 11.7. The van der Waals surface area contributed by atoms with E-state index in [1.807, 2.05) is 20.8 Å². The first-order valence-electron chi connectivity index (χ1n) is 6.59. The van der Waals surface area contributed by atoms with Crippen LogP contribution in [0.4, 0.5) is 9.18 Å². The van der Waals surface area contributed by atoms with Gasteiger partial charge in [-0.2, -0.15) is 0 Å². The molecule has 2 amide bonds. The smallest absolute Gasteiger partial charge is 0.410 e. The molecule has 2 fully saturated rings. The SMILES string of the molecule is CC(C)(C)OC(=O)N1CC[C@]2(CC(=O)N[C@H]2CF)C1. The Kier molecular flexibility index (Phi) is 3.45. The van der Waals surface area contributed by atoms with E-state index in [2.05, 4.69) is 5.32 Å². The molecule has 0 radical (unpaired) electrons. The van der Waals surface area contributed by atoms with Crippen LogP contribution in [0.25, 0.3) is 0 Å². The summed E-state index contributed by atoms with van der Waals surface area (Å²) in [5, 5.41) is 2.65. The summed E-state index contributed by atoms with van der Waals surface area (Å²) in [6, 6.07) is -0.479. The van der Waals surface area contributed by atoms with Gasteiger partial charge in [-0.1, -0.05) is 0 Å². The average Bonchev–Trinajstić information content (AvgIpc) is 2.81. The molecule has 6 heteroatoms. The summed E-state index contributed by atoms with van der Waals surface area (Å²) >= 11 is 0. The summed E-state index contributed by atoms with van der Waals surface area (Å²) in [7, 11) is 0. The van der Waals surface area contributed by atoms with Gasteiger partial charge in [0.1, 0.15) is 12.3 Å². The Labute approximate surface area is 112 Å². The number of amides is 2. The number of nitrogens with one attached hydrogen (secondary N) is 1. The Hall–Kier alpha value is -1.33. The molecule has 0 bridgehead atoms. The molecule has 2 saturated heterocycles. The van der Waals surface area contributed by atoms with Gasteiger partial charge in [-0.3, -0.25) is 4.79 Å². The topological polar surface area (TPSA) is 58.6 Å². The number of alkyl halides is 1. The highest BCUT2D eigenvalue weighted by Crippen LogP contribution is 2.41. The number of ether oxygens (including phenoxy) is 1. The number of hydrogen-bond donors (Lipinski definition) is 1. The van der Waals surface area contributed by atoms with Gasteiger partial charge in [-0.25, -0.2) is 9.18 Å². The van der Waals surface area contributed by atoms with Crippen LogP contribution in [0.15, 0.2) is 0 Å².